The monoisotopic (exact) mass is 247 g/mol. The van der Waals surface area contributed by atoms with Crippen LogP contribution in [0.1, 0.15) is 48.5 Å². The number of nitrogens with one attached hydrogen (secondary N) is 1. The van der Waals surface area contributed by atoms with Gasteiger partial charge in [0.05, 0.1) is 0 Å². The van der Waals surface area contributed by atoms with Gasteiger partial charge in [-0.15, -0.1) is 0 Å². The fourth-order valence-corrected chi connectivity index (χ4v) is 2.03. The third-order valence-electron chi connectivity index (χ3n) is 3.19. The van der Waals surface area contributed by atoms with Gasteiger partial charge in [-0.05, 0) is 44.2 Å². The Kier molecular flexibility index (Phi) is 3.92. The van der Waals surface area contributed by atoms with Gasteiger partial charge in [0.25, 0.3) is 0 Å². The Balaban J connectivity index is 2.32. The average Bonchev–Trinajstić information content (AvgIpc) is 2.94. The van der Waals surface area contributed by atoms with E-state index in [1.54, 1.807) is 0 Å². The quantitative estimate of drug-likeness (QED) is 0.874. The third-order valence-corrected chi connectivity index (χ3v) is 3.19. The first kappa shape index (κ1) is 13.0. The van der Waals surface area contributed by atoms with Gasteiger partial charge < -0.3 is 14.2 Å². The molecule has 0 spiro atoms. The molecule has 18 heavy (non-hydrogen) atoms. The van der Waals surface area contributed by atoms with Crippen molar-refractivity contribution in [2.45, 2.75) is 40.2 Å². The second-order valence-electron chi connectivity index (χ2n) is 4.54. The predicted molar refractivity (Wildman–Crippen MR) is 71.8 cm³/mol. The molecule has 0 aliphatic carbocycles. The van der Waals surface area contributed by atoms with Gasteiger partial charge in [0, 0.05) is 6.42 Å². The van der Waals surface area contributed by atoms with Gasteiger partial charge in [-0.2, -0.15) is 0 Å². The van der Waals surface area contributed by atoms with E-state index in [2.05, 4.69) is 32.2 Å². The van der Waals surface area contributed by atoms with Crippen LogP contribution in [0.3, 0.4) is 0 Å². The van der Waals surface area contributed by atoms with Crippen LogP contribution in [-0.4, -0.2) is 6.54 Å². The molecule has 3 nitrogen and oxygen atoms in total. The standard InChI is InChI=1S/C15H21NO2/c1-5-12-7-8-13(18-12)15(16-6-2)14-9-10(3)11(4)17-14/h7-9,15-16H,5-6H2,1-4H3. The van der Waals surface area contributed by atoms with Crippen molar-refractivity contribution in [3.8, 4) is 0 Å². The highest BCUT2D eigenvalue weighted by Crippen LogP contribution is 2.27. The minimum atomic E-state index is 0.00250. The lowest BCUT2D eigenvalue weighted by Gasteiger charge is -2.12. The summed E-state index contributed by atoms with van der Waals surface area (Å²) in [4.78, 5) is 0. The SMILES string of the molecule is CCNC(c1ccc(CC)o1)c1cc(C)c(C)o1. The van der Waals surface area contributed by atoms with E-state index in [0.29, 0.717) is 0 Å². The van der Waals surface area contributed by atoms with Crippen molar-refractivity contribution < 1.29 is 8.83 Å². The zero-order chi connectivity index (χ0) is 13.1. The smallest absolute Gasteiger partial charge is 0.129 e. The van der Waals surface area contributed by atoms with Crippen molar-refractivity contribution in [3.63, 3.8) is 0 Å². The molecule has 0 bridgehead atoms. The summed E-state index contributed by atoms with van der Waals surface area (Å²) < 4.78 is 11.6. The predicted octanol–water partition coefficient (Wildman–Crippen LogP) is 3.75. The van der Waals surface area contributed by atoms with E-state index in [1.165, 1.54) is 5.56 Å². The first-order valence-corrected chi connectivity index (χ1v) is 6.54. The molecule has 0 radical (unpaired) electrons. The first-order chi connectivity index (χ1) is 8.65. The molecule has 1 N–H and O–H groups in total. The van der Waals surface area contributed by atoms with Crippen LogP contribution in [0, 0.1) is 13.8 Å². The molecular weight excluding hydrogens is 226 g/mol. The first-order valence-electron chi connectivity index (χ1n) is 6.54. The van der Waals surface area contributed by atoms with E-state index in [9.17, 15) is 0 Å². The van der Waals surface area contributed by atoms with Gasteiger partial charge in [0.1, 0.15) is 29.1 Å². The van der Waals surface area contributed by atoms with Gasteiger partial charge in [0.15, 0.2) is 0 Å². The van der Waals surface area contributed by atoms with E-state index in [4.69, 9.17) is 8.83 Å². The van der Waals surface area contributed by atoms with Gasteiger partial charge in [-0.3, -0.25) is 0 Å². The molecule has 2 rings (SSSR count). The number of rotatable bonds is 5. The fourth-order valence-electron chi connectivity index (χ4n) is 2.03. The lowest BCUT2D eigenvalue weighted by atomic mass is 10.1. The molecule has 3 heteroatoms. The molecule has 98 valence electrons. The highest BCUT2D eigenvalue weighted by molar-refractivity contribution is 5.26. The Morgan fingerprint density at radius 2 is 1.89 bits per heavy atom. The topological polar surface area (TPSA) is 38.3 Å². The Morgan fingerprint density at radius 1 is 1.11 bits per heavy atom. The number of hydrogen-bond acceptors (Lipinski definition) is 3. The molecular formula is C15H21NO2. The Hall–Kier alpha value is -1.48. The highest BCUT2D eigenvalue weighted by Gasteiger charge is 2.21. The maximum atomic E-state index is 5.83. The van der Waals surface area contributed by atoms with Crippen LogP contribution < -0.4 is 5.32 Å². The summed E-state index contributed by atoms with van der Waals surface area (Å²) in [5.41, 5.74) is 1.18. The average molecular weight is 247 g/mol. The summed E-state index contributed by atoms with van der Waals surface area (Å²) in [6, 6.07) is 6.14. The molecule has 1 unspecified atom stereocenters. The molecule has 0 amide bonds. The molecule has 0 saturated heterocycles. The third kappa shape index (κ3) is 2.51. The minimum Gasteiger partial charge on any atom is -0.464 e. The van der Waals surface area contributed by atoms with Crippen molar-refractivity contribution >= 4 is 0 Å². The maximum Gasteiger partial charge on any atom is 0.129 e. The summed E-state index contributed by atoms with van der Waals surface area (Å²) in [7, 11) is 0. The highest BCUT2D eigenvalue weighted by atomic mass is 16.4. The Bertz CT molecular complexity index is 491. The van der Waals surface area contributed by atoms with E-state index < -0.39 is 0 Å². The van der Waals surface area contributed by atoms with Crippen LogP contribution in [0.4, 0.5) is 0 Å². The van der Waals surface area contributed by atoms with Crippen LogP contribution in [0.25, 0.3) is 0 Å². The van der Waals surface area contributed by atoms with E-state index in [-0.39, 0.29) is 6.04 Å². The summed E-state index contributed by atoms with van der Waals surface area (Å²) in [5, 5.41) is 3.41. The number of aryl methyl sites for hydroxylation is 3. The normalized spacial score (nSPS) is 12.9. The summed E-state index contributed by atoms with van der Waals surface area (Å²) in [6.07, 6.45) is 0.912. The van der Waals surface area contributed by atoms with E-state index in [0.717, 1.165) is 36.0 Å². The minimum absolute atomic E-state index is 0.00250. The van der Waals surface area contributed by atoms with Crippen LogP contribution in [0.2, 0.25) is 0 Å². The largest absolute Gasteiger partial charge is 0.464 e. The van der Waals surface area contributed by atoms with Crippen LogP contribution in [0.15, 0.2) is 27.0 Å². The van der Waals surface area contributed by atoms with Gasteiger partial charge in [-0.25, -0.2) is 0 Å². The number of hydrogen-bond donors (Lipinski definition) is 1. The lowest BCUT2D eigenvalue weighted by molar-refractivity contribution is 0.374. The zero-order valence-electron chi connectivity index (χ0n) is 11.5. The zero-order valence-corrected chi connectivity index (χ0v) is 11.5. The summed E-state index contributed by atoms with van der Waals surface area (Å²) in [5.74, 6) is 3.81. The van der Waals surface area contributed by atoms with Gasteiger partial charge in [-0.1, -0.05) is 13.8 Å². The second kappa shape index (κ2) is 5.44. The molecule has 2 aromatic heterocycles. The Labute approximate surface area is 108 Å². The van der Waals surface area contributed by atoms with Crippen molar-refractivity contribution in [1.82, 2.24) is 5.32 Å². The molecule has 0 fully saturated rings. The molecule has 2 heterocycles. The maximum absolute atomic E-state index is 5.83. The van der Waals surface area contributed by atoms with Crippen molar-refractivity contribution in [1.29, 1.82) is 0 Å². The van der Waals surface area contributed by atoms with Crippen molar-refractivity contribution in [2.24, 2.45) is 0 Å². The van der Waals surface area contributed by atoms with E-state index in [1.807, 2.05) is 19.1 Å². The van der Waals surface area contributed by atoms with Crippen LogP contribution in [0.5, 0.6) is 0 Å². The fraction of sp³-hybridized carbons (Fsp3) is 0.467. The second-order valence-corrected chi connectivity index (χ2v) is 4.54. The molecule has 2 aromatic rings. The van der Waals surface area contributed by atoms with Crippen molar-refractivity contribution in [2.75, 3.05) is 6.54 Å². The van der Waals surface area contributed by atoms with E-state index >= 15 is 0 Å². The van der Waals surface area contributed by atoms with Crippen molar-refractivity contribution in [3.05, 3.63) is 46.8 Å². The van der Waals surface area contributed by atoms with Crippen LogP contribution >= 0.6 is 0 Å². The van der Waals surface area contributed by atoms with Gasteiger partial charge >= 0.3 is 0 Å². The molecule has 1 atom stereocenters. The number of furan rings is 2. The van der Waals surface area contributed by atoms with Gasteiger partial charge in [0.2, 0.25) is 0 Å². The summed E-state index contributed by atoms with van der Waals surface area (Å²) in [6.45, 7) is 9.09. The Morgan fingerprint density at radius 3 is 2.39 bits per heavy atom. The lowest BCUT2D eigenvalue weighted by Crippen LogP contribution is -2.21. The molecule has 0 saturated carbocycles. The molecule has 0 aliphatic heterocycles. The van der Waals surface area contributed by atoms with Crippen LogP contribution in [-0.2, 0) is 6.42 Å². The molecule has 0 aliphatic rings. The summed E-state index contributed by atoms with van der Waals surface area (Å²) >= 11 is 0. The molecule has 0 aromatic carbocycles.